The van der Waals surface area contributed by atoms with E-state index in [1.165, 1.54) is 14.2 Å². The first-order valence-corrected chi connectivity index (χ1v) is 12.2. The largest absolute Gasteiger partial charge is 0.541 e. The average molecular weight is 434 g/mol. The van der Waals surface area contributed by atoms with Crippen LogP contribution >= 0.6 is 0 Å². The number of benzene rings is 1. The van der Waals surface area contributed by atoms with Crippen LogP contribution in [0, 0.1) is 0 Å². The molecular formula is C22H31NO6Si. The number of rotatable bonds is 8. The second kappa shape index (κ2) is 9.03. The van der Waals surface area contributed by atoms with Gasteiger partial charge in [-0.2, -0.15) is 0 Å². The molecule has 7 nitrogen and oxygen atoms in total. The maximum absolute atomic E-state index is 12.7. The number of aromatic nitrogens is 1. The van der Waals surface area contributed by atoms with Gasteiger partial charge in [-0.05, 0) is 28.8 Å². The highest BCUT2D eigenvalue weighted by Crippen LogP contribution is 2.47. The Hall–Kier alpha value is -2.61. The van der Waals surface area contributed by atoms with Crippen LogP contribution in [0.1, 0.15) is 62.3 Å². The molecule has 2 rings (SSSR count). The van der Waals surface area contributed by atoms with Gasteiger partial charge in [0.05, 0.1) is 14.2 Å². The first kappa shape index (κ1) is 23.7. The molecule has 0 radical (unpaired) electrons. The quantitative estimate of drug-likeness (QED) is 0.447. The molecule has 2 aromatic rings. The highest BCUT2D eigenvalue weighted by atomic mass is 28.4. The lowest BCUT2D eigenvalue weighted by atomic mass is 10.0. The molecule has 0 atom stereocenters. The molecule has 8 heteroatoms. The van der Waals surface area contributed by atoms with Crippen molar-refractivity contribution in [2.24, 2.45) is 0 Å². The summed E-state index contributed by atoms with van der Waals surface area (Å²) in [6.45, 7) is 12.6. The molecule has 0 amide bonds. The number of ether oxygens (including phenoxy) is 2. The van der Waals surface area contributed by atoms with E-state index in [9.17, 15) is 14.7 Å². The van der Waals surface area contributed by atoms with Crippen molar-refractivity contribution < 1.29 is 28.6 Å². The molecule has 0 aliphatic carbocycles. The number of aromatic carboxylic acids is 1. The number of carbonyl (C=O) groups is 2. The molecule has 0 aliphatic rings. The molecule has 30 heavy (non-hydrogen) atoms. The number of carbonyl (C=O) groups excluding carboxylic acids is 1. The van der Waals surface area contributed by atoms with Gasteiger partial charge < -0.3 is 19.0 Å². The van der Waals surface area contributed by atoms with E-state index in [-0.39, 0.29) is 39.2 Å². The molecule has 1 aromatic heterocycles. The van der Waals surface area contributed by atoms with Crippen LogP contribution in [0.25, 0.3) is 10.9 Å². The Morgan fingerprint density at radius 1 is 0.967 bits per heavy atom. The third-order valence-electron chi connectivity index (χ3n) is 5.76. The summed E-state index contributed by atoms with van der Waals surface area (Å²) in [6, 6.07) is 3.43. The fourth-order valence-corrected chi connectivity index (χ4v) is 9.85. The third kappa shape index (κ3) is 3.76. The molecule has 0 aliphatic heterocycles. The predicted molar refractivity (Wildman–Crippen MR) is 118 cm³/mol. The zero-order valence-electron chi connectivity index (χ0n) is 18.9. The smallest absolute Gasteiger partial charge is 0.342 e. The number of methoxy groups -OCH3 is 2. The zero-order chi connectivity index (χ0) is 22.8. The van der Waals surface area contributed by atoms with Crippen LogP contribution in [0.4, 0.5) is 0 Å². The molecular weight excluding hydrogens is 402 g/mol. The lowest BCUT2D eigenvalue weighted by Crippen LogP contribution is -2.51. The number of hydrogen-bond donors (Lipinski definition) is 1. The number of nitrogens with zero attached hydrogens (tertiary/aromatic N) is 1. The van der Waals surface area contributed by atoms with Crippen LogP contribution in [0.3, 0.4) is 0 Å². The molecule has 1 heterocycles. The van der Waals surface area contributed by atoms with Gasteiger partial charge in [0, 0.05) is 11.6 Å². The van der Waals surface area contributed by atoms with E-state index < -0.39 is 20.3 Å². The molecule has 164 valence electrons. The predicted octanol–water partition coefficient (Wildman–Crippen LogP) is 5.28. The summed E-state index contributed by atoms with van der Waals surface area (Å²) in [6.07, 6.45) is 1.57. The first-order valence-electron chi connectivity index (χ1n) is 10.0. The normalized spacial score (nSPS) is 12.0. The maximum Gasteiger partial charge on any atom is 0.342 e. The van der Waals surface area contributed by atoms with Crippen LogP contribution in [0.15, 0.2) is 18.3 Å². The Morgan fingerprint density at radius 3 is 1.97 bits per heavy atom. The molecule has 0 fully saturated rings. The van der Waals surface area contributed by atoms with E-state index >= 15 is 0 Å². The summed E-state index contributed by atoms with van der Waals surface area (Å²) in [7, 11) is 0.0352. The Balaban J connectivity index is 3.06. The van der Waals surface area contributed by atoms with Crippen LogP contribution in [-0.4, -0.2) is 44.6 Å². The minimum atomic E-state index is -2.55. The average Bonchev–Trinajstić information content (AvgIpc) is 2.69. The fraction of sp³-hybridized carbons (Fsp3) is 0.500. The van der Waals surface area contributed by atoms with E-state index in [0.717, 1.165) is 0 Å². The lowest BCUT2D eigenvalue weighted by Gasteiger charge is -2.42. The van der Waals surface area contributed by atoms with Gasteiger partial charge in [0.25, 0.3) is 8.32 Å². The van der Waals surface area contributed by atoms with Crippen LogP contribution in [0.2, 0.25) is 16.6 Å². The van der Waals surface area contributed by atoms with Crippen molar-refractivity contribution in [2.45, 2.75) is 58.2 Å². The summed E-state index contributed by atoms with van der Waals surface area (Å²) in [5, 5.41) is 10.6. The van der Waals surface area contributed by atoms with Gasteiger partial charge >= 0.3 is 11.9 Å². The summed E-state index contributed by atoms with van der Waals surface area (Å²) in [4.78, 5) is 29.5. The van der Waals surface area contributed by atoms with E-state index in [4.69, 9.17) is 13.9 Å². The molecule has 0 bridgehead atoms. The summed E-state index contributed by atoms with van der Waals surface area (Å²) < 4.78 is 17.1. The van der Waals surface area contributed by atoms with Gasteiger partial charge in [0.15, 0.2) is 0 Å². The highest BCUT2D eigenvalue weighted by molar-refractivity contribution is 6.78. The number of esters is 1. The van der Waals surface area contributed by atoms with Gasteiger partial charge in [-0.15, -0.1) is 0 Å². The molecule has 0 spiro atoms. The van der Waals surface area contributed by atoms with Crippen molar-refractivity contribution in [3.8, 4) is 11.5 Å². The standard InChI is InChI=1S/C22H31NO6Si/c1-12(2)30(13(3)4,14(5)6)29-20-16(21(24)25)17(22(26)28-8)19(27-7)15-10-9-11-23-18(15)20/h9-14H,1-8H3,(H,24,25). The van der Waals surface area contributed by atoms with Gasteiger partial charge in [0.1, 0.15) is 28.1 Å². The fourth-order valence-electron chi connectivity index (χ4n) is 4.59. The highest BCUT2D eigenvalue weighted by Gasteiger charge is 2.48. The van der Waals surface area contributed by atoms with E-state index in [1.54, 1.807) is 18.3 Å². The van der Waals surface area contributed by atoms with E-state index in [2.05, 4.69) is 46.5 Å². The number of carboxylic acids is 1. The van der Waals surface area contributed by atoms with Crippen molar-refractivity contribution >= 4 is 31.2 Å². The van der Waals surface area contributed by atoms with Gasteiger partial charge in [-0.25, -0.2) is 9.59 Å². The minimum absolute atomic E-state index is 0.112. The van der Waals surface area contributed by atoms with Crippen LogP contribution in [-0.2, 0) is 4.74 Å². The Morgan fingerprint density at radius 2 is 1.53 bits per heavy atom. The van der Waals surface area contributed by atoms with Crippen LogP contribution < -0.4 is 9.16 Å². The second-order valence-electron chi connectivity index (χ2n) is 8.23. The molecule has 1 aromatic carbocycles. The number of fused-ring (bicyclic) bond motifs is 1. The van der Waals surface area contributed by atoms with Crippen molar-refractivity contribution in [3.05, 3.63) is 29.5 Å². The maximum atomic E-state index is 12.7. The zero-order valence-corrected chi connectivity index (χ0v) is 19.9. The van der Waals surface area contributed by atoms with Crippen molar-refractivity contribution in [3.63, 3.8) is 0 Å². The van der Waals surface area contributed by atoms with Crippen molar-refractivity contribution in [1.29, 1.82) is 0 Å². The SMILES string of the molecule is COC(=O)c1c(C(=O)O)c(O[Si](C(C)C)(C(C)C)C(C)C)c2ncccc2c1OC. The summed E-state index contributed by atoms with van der Waals surface area (Å²) in [5.41, 5.74) is 0.508. The summed E-state index contributed by atoms with van der Waals surface area (Å²) in [5.74, 6) is -1.87. The van der Waals surface area contributed by atoms with Crippen LogP contribution in [0.5, 0.6) is 11.5 Å². The van der Waals surface area contributed by atoms with Gasteiger partial charge in [-0.1, -0.05) is 41.5 Å². The molecule has 0 saturated carbocycles. The molecule has 0 unspecified atom stereocenters. The van der Waals surface area contributed by atoms with Crippen molar-refractivity contribution in [2.75, 3.05) is 14.2 Å². The second-order valence-corrected chi connectivity index (χ2v) is 13.6. The topological polar surface area (TPSA) is 95.0 Å². The molecule has 1 N–H and O–H groups in total. The van der Waals surface area contributed by atoms with E-state index in [1.807, 2.05) is 0 Å². The van der Waals surface area contributed by atoms with Crippen molar-refractivity contribution in [1.82, 2.24) is 4.98 Å². The number of carboxylic acid groups (broad SMARTS) is 1. The third-order valence-corrected chi connectivity index (χ3v) is 11.7. The monoisotopic (exact) mass is 433 g/mol. The first-order chi connectivity index (χ1) is 14.0. The Kier molecular flexibility index (Phi) is 7.13. The minimum Gasteiger partial charge on any atom is -0.541 e. The van der Waals surface area contributed by atoms with Gasteiger partial charge in [-0.3, -0.25) is 4.98 Å². The number of hydrogen-bond acceptors (Lipinski definition) is 6. The van der Waals surface area contributed by atoms with E-state index in [0.29, 0.717) is 10.9 Å². The number of pyridine rings is 1. The summed E-state index contributed by atoms with van der Waals surface area (Å²) >= 11 is 0. The molecule has 0 saturated heterocycles. The Labute approximate surface area is 178 Å². The van der Waals surface area contributed by atoms with Gasteiger partial charge in [0.2, 0.25) is 0 Å². The Bertz CT molecular complexity index is 933. The lowest BCUT2D eigenvalue weighted by molar-refractivity contribution is 0.0578.